The number of halogens is 2. The zero-order valence-corrected chi connectivity index (χ0v) is 15.3. The van der Waals surface area contributed by atoms with Crippen molar-refractivity contribution in [2.24, 2.45) is 5.92 Å². The lowest BCUT2D eigenvalue weighted by molar-refractivity contribution is -0.124. The second-order valence-electron chi connectivity index (χ2n) is 5.93. The third-order valence-electron chi connectivity index (χ3n) is 3.75. The molecule has 0 saturated carbocycles. The van der Waals surface area contributed by atoms with Gasteiger partial charge in [0.1, 0.15) is 0 Å². The Morgan fingerprint density at radius 1 is 1.33 bits per heavy atom. The number of imidazole rings is 1. The van der Waals surface area contributed by atoms with E-state index in [9.17, 15) is 4.79 Å². The molecular formula is C17H22Cl2N4O. The number of nitrogens with zero attached hydrogens (tertiary/aromatic N) is 1. The van der Waals surface area contributed by atoms with Crippen LogP contribution in [-0.2, 0) is 17.8 Å². The molecule has 0 fully saturated rings. The Balaban J connectivity index is 1.87. The molecule has 24 heavy (non-hydrogen) atoms. The minimum absolute atomic E-state index is 0.0503. The largest absolute Gasteiger partial charge is 0.351 e. The summed E-state index contributed by atoms with van der Waals surface area (Å²) >= 11 is 12.1. The maximum absolute atomic E-state index is 12.5. The monoisotopic (exact) mass is 368 g/mol. The maximum Gasteiger partial charge on any atom is 0.237 e. The number of amides is 1. The topological polar surface area (TPSA) is 69.8 Å². The van der Waals surface area contributed by atoms with E-state index in [1.54, 1.807) is 18.6 Å². The normalized spacial score (nSPS) is 12.4. The molecule has 0 aliphatic carbocycles. The highest BCUT2D eigenvalue weighted by atomic mass is 35.5. The number of benzene rings is 1. The molecular weight excluding hydrogens is 347 g/mol. The zero-order chi connectivity index (χ0) is 17.5. The van der Waals surface area contributed by atoms with Crippen molar-refractivity contribution in [2.75, 3.05) is 6.54 Å². The van der Waals surface area contributed by atoms with Crippen LogP contribution < -0.4 is 10.6 Å². The number of aromatic amines is 1. The van der Waals surface area contributed by atoms with E-state index in [0.29, 0.717) is 23.1 Å². The standard InChI is InChI=1S/C17H22Cl2N4O/c1-11(2)16(21-7-6-13-9-20-10-23-13)17(24)22-8-12-4-3-5-14(18)15(12)19/h3-5,9-11,16,21H,6-8H2,1-2H3,(H,20,23)(H,22,24). The highest BCUT2D eigenvalue weighted by molar-refractivity contribution is 6.42. The molecule has 5 nitrogen and oxygen atoms in total. The summed E-state index contributed by atoms with van der Waals surface area (Å²) in [6.45, 7) is 5.07. The van der Waals surface area contributed by atoms with Gasteiger partial charge in [-0.3, -0.25) is 4.79 Å². The highest BCUT2D eigenvalue weighted by Crippen LogP contribution is 2.25. The zero-order valence-electron chi connectivity index (χ0n) is 13.8. The number of aromatic nitrogens is 2. The summed E-state index contributed by atoms with van der Waals surface area (Å²) in [5, 5.41) is 7.19. The molecule has 2 aromatic rings. The summed E-state index contributed by atoms with van der Waals surface area (Å²) in [7, 11) is 0. The van der Waals surface area contributed by atoms with Gasteiger partial charge in [0, 0.05) is 31.4 Å². The van der Waals surface area contributed by atoms with Crippen molar-refractivity contribution in [2.45, 2.75) is 32.9 Å². The van der Waals surface area contributed by atoms with Gasteiger partial charge in [0.05, 0.1) is 22.4 Å². The number of hydrogen-bond acceptors (Lipinski definition) is 3. The molecule has 1 heterocycles. The summed E-state index contributed by atoms with van der Waals surface area (Å²) in [5.74, 6) is 0.118. The predicted molar refractivity (Wildman–Crippen MR) is 97.2 cm³/mol. The summed E-state index contributed by atoms with van der Waals surface area (Å²) in [5.41, 5.74) is 1.84. The lowest BCUT2D eigenvalue weighted by Gasteiger charge is -2.22. The van der Waals surface area contributed by atoms with Gasteiger partial charge in [-0.2, -0.15) is 0 Å². The summed E-state index contributed by atoms with van der Waals surface area (Å²) in [4.78, 5) is 19.5. The van der Waals surface area contributed by atoms with Gasteiger partial charge in [-0.15, -0.1) is 0 Å². The van der Waals surface area contributed by atoms with E-state index < -0.39 is 0 Å². The maximum atomic E-state index is 12.5. The number of H-pyrrole nitrogens is 1. The Bertz CT molecular complexity index is 659. The lowest BCUT2D eigenvalue weighted by Crippen LogP contribution is -2.47. The van der Waals surface area contributed by atoms with Gasteiger partial charge < -0.3 is 15.6 Å². The molecule has 0 bridgehead atoms. The SMILES string of the molecule is CC(C)C(NCCc1cnc[nH]1)C(=O)NCc1cccc(Cl)c1Cl. The van der Waals surface area contributed by atoms with Crippen LogP contribution in [0.25, 0.3) is 0 Å². The van der Waals surface area contributed by atoms with E-state index >= 15 is 0 Å². The number of carbonyl (C=O) groups excluding carboxylic acids is 1. The number of hydrogen-bond donors (Lipinski definition) is 3. The van der Waals surface area contributed by atoms with Crippen molar-refractivity contribution in [3.63, 3.8) is 0 Å². The van der Waals surface area contributed by atoms with Crippen molar-refractivity contribution in [3.05, 3.63) is 52.0 Å². The fourth-order valence-corrected chi connectivity index (χ4v) is 2.78. The molecule has 1 aromatic heterocycles. The first kappa shape index (κ1) is 18.8. The average molecular weight is 369 g/mol. The van der Waals surface area contributed by atoms with Crippen molar-refractivity contribution < 1.29 is 4.79 Å². The van der Waals surface area contributed by atoms with Crippen LogP contribution in [0.4, 0.5) is 0 Å². The van der Waals surface area contributed by atoms with Crippen LogP contribution in [0.15, 0.2) is 30.7 Å². The van der Waals surface area contributed by atoms with Crippen LogP contribution in [0.1, 0.15) is 25.1 Å². The molecule has 130 valence electrons. The molecule has 2 rings (SSSR count). The Morgan fingerprint density at radius 2 is 2.12 bits per heavy atom. The molecule has 1 amide bonds. The second kappa shape index (κ2) is 9.06. The van der Waals surface area contributed by atoms with Crippen LogP contribution in [0.3, 0.4) is 0 Å². The van der Waals surface area contributed by atoms with Crippen LogP contribution in [0, 0.1) is 5.92 Å². The Hall–Kier alpha value is -1.56. The predicted octanol–water partition coefficient (Wildman–Crippen LogP) is 3.19. The fourth-order valence-electron chi connectivity index (χ4n) is 2.39. The number of rotatable bonds is 8. The number of nitrogens with one attached hydrogen (secondary N) is 3. The van der Waals surface area contributed by atoms with Gasteiger partial charge in [-0.25, -0.2) is 4.98 Å². The van der Waals surface area contributed by atoms with Gasteiger partial charge in [-0.05, 0) is 17.5 Å². The Morgan fingerprint density at radius 3 is 2.79 bits per heavy atom. The smallest absolute Gasteiger partial charge is 0.237 e. The molecule has 1 aromatic carbocycles. The first-order chi connectivity index (χ1) is 11.5. The minimum atomic E-state index is -0.272. The highest BCUT2D eigenvalue weighted by Gasteiger charge is 2.21. The Kier molecular flexibility index (Phi) is 7.09. The van der Waals surface area contributed by atoms with Crippen LogP contribution in [0.2, 0.25) is 10.0 Å². The first-order valence-electron chi connectivity index (χ1n) is 7.90. The molecule has 0 saturated heterocycles. The van der Waals surface area contributed by atoms with Crippen LogP contribution in [0.5, 0.6) is 0 Å². The summed E-state index contributed by atoms with van der Waals surface area (Å²) in [6.07, 6.45) is 4.22. The van der Waals surface area contributed by atoms with Gasteiger partial charge in [0.25, 0.3) is 0 Å². The van der Waals surface area contributed by atoms with Gasteiger partial charge >= 0.3 is 0 Å². The van der Waals surface area contributed by atoms with E-state index in [4.69, 9.17) is 23.2 Å². The fraction of sp³-hybridized carbons (Fsp3) is 0.412. The molecule has 7 heteroatoms. The second-order valence-corrected chi connectivity index (χ2v) is 6.72. The number of carbonyl (C=O) groups is 1. The molecule has 1 unspecified atom stereocenters. The van der Waals surface area contributed by atoms with Crippen LogP contribution >= 0.6 is 23.2 Å². The summed E-state index contributed by atoms with van der Waals surface area (Å²) in [6, 6.07) is 5.12. The molecule has 3 N–H and O–H groups in total. The minimum Gasteiger partial charge on any atom is -0.351 e. The quantitative estimate of drug-likeness (QED) is 0.669. The van der Waals surface area contributed by atoms with E-state index in [1.807, 2.05) is 26.0 Å². The first-order valence-corrected chi connectivity index (χ1v) is 8.66. The van der Waals surface area contributed by atoms with Crippen molar-refractivity contribution in [1.82, 2.24) is 20.6 Å². The van der Waals surface area contributed by atoms with Gasteiger partial charge in [0.2, 0.25) is 5.91 Å². The molecule has 0 radical (unpaired) electrons. The summed E-state index contributed by atoms with van der Waals surface area (Å²) < 4.78 is 0. The lowest BCUT2D eigenvalue weighted by atomic mass is 10.0. The molecule has 0 aliphatic heterocycles. The molecule has 1 atom stereocenters. The van der Waals surface area contributed by atoms with Crippen LogP contribution in [-0.4, -0.2) is 28.5 Å². The van der Waals surface area contributed by atoms with Crippen molar-refractivity contribution in [1.29, 1.82) is 0 Å². The van der Waals surface area contributed by atoms with Gasteiger partial charge in [-0.1, -0.05) is 49.2 Å². The third kappa shape index (κ3) is 5.23. The van der Waals surface area contributed by atoms with E-state index in [-0.39, 0.29) is 17.9 Å². The Labute approximate surface area is 152 Å². The average Bonchev–Trinajstić information content (AvgIpc) is 3.05. The van der Waals surface area contributed by atoms with Crippen molar-refractivity contribution in [3.8, 4) is 0 Å². The van der Waals surface area contributed by atoms with Gasteiger partial charge in [0.15, 0.2) is 0 Å². The molecule has 0 aliphatic rings. The molecule has 0 spiro atoms. The van der Waals surface area contributed by atoms with Crippen molar-refractivity contribution >= 4 is 29.1 Å². The van der Waals surface area contributed by atoms with E-state index in [2.05, 4.69) is 20.6 Å². The van der Waals surface area contributed by atoms with E-state index in [0.717, 1.165) is 17.7 Å². The van der Waals surface area contributed by atoms with E-state index in [1.165, 1.54) is 0 Å². The third-order valence-corrected chi connectivity index (χ3v) is 4.61.